The molecule has 44 heavy (non-hydrogen) atoms. The third-order valence-electron chi connectivity index (χ3n) is 7.10. The van der Waals surface area contributed by atoms with E-state index in [9.17, 15) is 41.1 Å². The van der Waals surface area contributed by atoms with Crippen molar-refractivity contribution in [1.29, 1.82) is 0 Å². The van der Waals surface area contributed by atoms with Crippen LogP contribution in [0.15, 0.2) is 36.4 Å². The molecule has 0 saturated carbocycles. The number of aromatic amines is 1. The van der Waals surface area contributed by atoms with Crippen molar-refractivity contribution in [3.63, 3.8) is 0 Å². The maximum absolute atomic E-state index is 14.3. The molecule has 2 aromatic carbocycles. The maximum atomic E-state index is 14.3. The van der Waals surface area contributed by atoms with Crippen LogP contribution in [0.4, 0.5) is 22.0 Å². The fourth-order valence-corrected chi connectivity index (χ4v) is 5.89. The van der Waals surface area contributed by atoms with Crippen LogP contribution in [-0.4, -0.2) is 65.4 Å². The molecule has 3 atom stereocenters. The molecule has 1 fully saturated rings. The zero-order valence-electron chi connectivity index (χ0n) is 22.8. The van der Waals surface area contributed by atoms with Gasteiger partial charge in [-0.2, -0.15) is 13.2 Å². The van der Waals surface area contributed by atoms with Crippen LogP contribution in [0, 0.1) is 17.6 Å². The first kappa shape index (κ1) is 30.8. The molecular weight excluding hydrogens is 613 g/mol. The zero-order valence-corrected chi connectivity index (χ0v) is 23.6. The van der Waals surface area contributed by atoms with E-state index in [0.29, 0.717) is 17.7 Å². The Kier molecular flexibility index (Phi) is 8.54. The summed E-state index contributed by atoms with van der Waals surface area (Å²) < 4.78 is 74.3. The van der Waals surface area contributed by atoms with E-state index in [2.05, 4.69) is 20.6 Å². The number of carbonyl (C=O) groups excluding carboxylic acids is 4. The second-order valence-electron chi connectivity index (χ2n) is 10.1. The van der Waals surface area contributed by atoms with Crippen molar-refractivity contribution in [2.24, 2.45) is 5.92 Å². The average Bonchev–Trinajstić information content (AvgIpc) is 3.70. The molecule has 1 saturated heterocycles. The standard InChI is InChI=1S/C28H24F5N5O5S/c1-43-20-4-3-15(30)22-14(20)10-18(35-22)25(41)37-19(11-28(31,32)33)26(42)36-17(8-12-6-7-34-24(12)40)23(39)27-38-16-9-13(29)2-5-21(16)44-27/h2-5,9-10,12,17,19,35H,6-8,11H2,1H3,(H,34,40)(H,36,42)(H,37,41)/t12-,17-,19-/m0/s1. The SMILES string of the molecule is COc1ccc(F)c2[nH]c(C(=O)N[C@@H](CC(F)(F)F)C(=O)N[C@@H](C[C@@H]3CCNC3=O)C(=O)c3nc4cc(F)ccc4s3)cc12. The first-order valence-corrected chi connectivity index (χ1v) is 14.1. The van der Waals surface area contributed by atoms with Crippen LogP contribution in [-0.2, 0) is 9.59 Å². The van der Waals surface area contributed by atoms with E-state index in [4.69, 9.17) is 4.74 Å². The maximum Gasteiger partial charge on any atom is 0.391 e. The summed E-state index contributed by atoms with van der Waals surface area (Å²) in [6.07, 6.45) is -6.66. The summed E-state index contributed by atoms with van der Waals surface area (Å²) in [5.74, 6) is -5.59. The van der Waals surface area contributed by atoms with Crippen molar-refractivity contribution >= 4 is 56.0 Å². The summed E-state index contributed by atoms with van der Waals surface area (Å²) >= 11 is 0.887. The molecule has 0 unspecified atom stereocenters. The molecule has 10 nitrogen and oxygen atoms in total. The minimum absolute atomic E-state index is 0.137. The number of hydrogen-bond acceptors (Lipinski definition) is 7. The normalized spacial score (nSPS) is 16.5. The van der Waals surface area contributed by atoms with E-state index in [0.717, 1.165) is 29.5 Å². The van der Waals surface area contributed by atoms with Gasteiger partial charge in [-0.1, -0.05) is 0 Å². The van der Waals surface area contributed by atoms with Crippen LogP contribution in [0.2, 0.25) is 0 Å². The number of hydrogen-bond donors (Lipinski definition) is 4. The number of nitrogens with zero attached hydrogens (tertiary/aromatic N) is 1. The number of benzene rings is 2. The highest BCUT2D eigenvalue weighted by Crippen LogP contribution is 2.29. The molecule has 16 heteroatoms. The van der Waals surface area contributed by atoms with Crippen molar-refractivity contribution in [2.75, 3.05) is 13.7 Å². The smallest absolute Gasteiger partial charge is 0.391 e. The van der Waals surface area contributed by atoms with E-state index in [-0.39, 0.29) is 39.3 Å². The number of methoxy groups -OCH3 is 1. The van der Waals surface area contributed by atoms with Gasteiger partial charge in [0.25, 0.3) is 5.91 Å². The third-order valence-corrected chi connectivity index (χ3v) is 8.15. The largest absolute Gasteiger partial charge is 0.496 e. The van der Waals surface area contributed by atoms with Crippen LogP contribution < -0.4 is 20.7 Å². The van der Waals surface area contributed by atoms with Gasteiger partial charge in [0.1, 0.15) is 29.1 Å². The second-order valence-corrected chi connectivity index (χ2v) is 11.2. The van der Waals surface area contributed by atoms with Crippen molar-refractivity contribution in [1.82, 2.24) is 25.9 Å². The first-order valence-electron chi connectivity index (χ1n) is 13.2. The lowest BCUT2D eigenvalue weighted by Gasteiger charge is -2.24. The minimum Gasteiger partial charge on any atom is -0.496 e. The Bertz CT molecular complexity index is 1770. The molecule has 4 N–H and O–H groups in total. The van der Waals surface area contributed by atoms with Crippen LogP contribution in [0.1, 0.15) is 39.6 Å². The Morgan fingerprint density at radius 2 is 1.89 bits per heavy atom. The van der Waals surface area contributed by atoms with Crippen LogP contribution in [0.3, 0.4) is 0 Å². The van der Waals surface area contributed by atoms with E-state index in [1.54, 1.807) is 0 Å². The molecule has 0 bridgehead atoms. The number of alkyl halides is 3. The Balaban J connectivity index is 1.41. The van der Waals surface area contributed by atoms with Gasteiger partial charge < -0.3 is 25.7 Å². The van der Waals surface area contributed by atoms with Crippen LogP contribution >= 0.6 is 11.3 Å². The Hall–Kier alpha value is -4.60. The number of amides is 3. The number of halogens is 5. The second kappa shape index (κ2) is 12.2. The fourth-order valence-electron chi connectivity index (χ4n) is 4.95. The monoisotopic (exact) mass is 637 g/mol. The van der Waals surface area contributed by atoms with Crippen molar-refractivity contribution < 1.29 is 45.9 Å². The van der Waals surface area contributed by atoms with Crippen molar-refractivity contribution in [3.05, 3.63) is 58.7 Å². The molecule has 0 aliphatic carbocycles. The third kappa shape index (κ3) is 6.64. The summed E-state index contributed by atoms with van der Waals surface area (Å²) in [4.78, 5) is 58.7. The van der Waals surface area contributed by atoms with Gasteiger partial charge in [-0.05, 0) is 43.2 Å². The highest BCUT2D eigenvalue weighted by molar-refractivity contribution is 7.20. The van der Waals surface area contributed by atoms with Gasteiger partial charge in [0.2, 0.25) is 17.6 Å². The van der Waals surface area contributed by atoms with Gasteiger partial charge in [-0.25, -0.2) is 13.8 Å². The number of ether oxygens (including phenoxy) is 1. The number of H-pyrrole nitrogens is 1. The van der Waals surface area contributed by atoms with Crippen LogP contribution in [0.25, 0.3) is 21.1 Å². The van der Waals surface area contributed by atoms with Gasteiger partial charge in [-0.15, -0.1) is 11.3 Å². The molecule has 1 aliphatic rings. The lowest BCUT2D eigenvalue weighted by Crippen LogP contribution is -2.53. The summed E-state index contributed by atoms with van der Waals surface area (Å²) in [6.45, 7) is 0.307. The van der Waals surface area contributed by atoms with Gasteiger partial charge in [0.15, 0.2) is 5.01 Å². The summed E-state index contributed by atoms with van der Waals surface area (Å²) in [5.41, 5.74) is -0.321. The molecule has 2 aromatic heterocycles. The molecular formula is C28H24F5N5O5S. The number of fused-ring (bicyclic) bond motifs is 2. The molecule has 3 heterocycles. The molecule has 1 aliphatic heterocycles. The predicted molar refractivity (Wildman–Crippen MR) is 148 cm³/mol. The average molecular weight is 638 g/mol. The lowest BCUT2D eigenvalue weighted by molar-refractivity contribution is -0.149. The van der Waals surface area contributed by atoms with Gasteiger partial charge in [0.05, 0.1) is 35.3 Å². The molecule has 5 rings (SSSR count). The van der Waals surface area contributed by atoms with Crippen LogP contribution in [0.5, 0.6) is 5.75 Å². The number of rotatable bonds is 10. The number of Topliss-reactive ketones (excluding diaryl/α,β-unsaturated/α-hetero) is 1. The van der Waals surface area contributed by atoms with Gasteiger partial charge in [-0.3, -0.25) is 19.2 Å². The summed E-state index contributed by atoms with van der Waals surface area (Å²) in [5, 5.41) is 6.87. The number of ketones is 1. The highest BCUT2D eigenvalue weighted by Gasteiger charge is 2.39. The minimum atomic E-state index is -4.92. The molecule has 0 spiro atoms. The van der Waals surface area contributed by atoms with E-state index < -0.39 is 65.7 Å². The lowest BCUT2D eigenvalue weighted by atomic mass is 9.95. The molecule has 4 aromatic rings. The number of carbonyl (C=O) groups is 4. The topological polar surface area (TPSA) is 142 Å². The fraction of sp³-hybridized carbons (Fsp3) is 0.321. The Morgan fingerprint density at radius 3 is 2.57 bits per heavy atom. The highest BCUT2D eigenvalue weighted by atomic mass is 32.1. The molecule has 0 radical (unpaired) electrons. The number of thiazole rings is 1. The molecule has 3 amide bonds. The zero-order chi connectivity index (χ0) is 31.8. The van der Waals surface area contributed by atoms with E-state index >= 15 is 0 Å². The quantitative estimate of drug-likeness (QED) is 0.153. The van der Waals surface area contributed by atoms with Crippen molar-refractivity contribution in [3.8, 4) is 5.75 Å². The first-order chi connectivity index (χ1) is 20.8. The van der Waals surface area contributed by atoms with E-state index in [1.165, 1.54) is 25.3 Å². The van der Waals surface area contributed by atoms with Gasteiger partial charge in [0, 0.05) is 23.9 Å². The summed E-state index contributed by atoms with van der Waals surface area (Å²) in [7, 11) is 1.31. The van der Waals surface area contributed by atoms with Crippen molar-refractivity contribution in [2.45, 2.75) is 37.5 Å². The van der Waals surface area contributed by atoms with Gasteiger partial charge >= 0.3 is 6.18 Å². The Morgan fingerprint density at radius 1 is 1.11 bits per heavy atom. The number of aromatic nitrogens is 2. The number of nitrogens with one attached hydrogen (secondary N) is 4. The predicted octanol–water partition coefficient (Wildman–Crippen LogP) is 4.01. The van der Waals surface area contributed by atoms with E-state index in [1.807, 2.05) is 5.32 Å². The Labute approximate surface area is 249 Å². The molecule has 232 valence electrons. The summed E-state index contributed by atoms with van der Waals surface area (Å²) in [6, 6.07) is 3.49.